The number of hydrogen-bond donors (Lipinski definition) is 0. The number of aromatic nitrogens is 1. The van der Waals surface area contributed by atoms with Crippen LogP contribution in [0.25, 0.3) is 77.0 Å². The van der Waals surface area contributed by atoms with Crippen molar-refractivity contribution in [2.45, 2.75) is 19.3 Å². The Labute approximate surface area is 273 Å². The predicted octanol–water partition coefficient (Wildman–Crippen LogP) is 12.5. The van der Waals surface area contributed by atoms with E-state index in [2.05, 4.69) is 140 Å². The van der Waals surface area contributed by atoms with Gasteiger partial charge in [-0.2, -0.15) is 0 Å². The molecular formula is C44H30ClN. The zero-order valence-corrected chi connectivity index (χ0v) is 26.4. The molecule has 1 aliphatic carbocycles. The third-order valence-corrected chi connectivity index (χ3v) is 10.2. The van der Waals surface area contributed by atoms with Crippen molar-refractivity contribution >= 4 is 43.9 Å². The van der Waals surface area contributed by atoms with Crippen molar-refractivity contribution in [2.24, 2.45) is 0 Å². The summed E-state index contributed by atoms with van der Waals surface area (Å²) >= 11 is 6.52. The summed E-state index contributed by atoms with van der Waals surface area (Å²) in [5, 5.41) is 8.35. The number of nitrogens with zero attached hydrogens (tertiary/aromatic N) is 1. The molecule has 0 fully saturated rings. The second kappa shape index (κ2) is 10.1. The van der Waals surface area contributed by atoms with E-state index in [0.717, 1.165) is 16.3 Å². The van der Waals surface area contributed by atoms with E-state index in [1.54, 1.807) is 0 Å². The topological polar surface area (TPSA) is 12.9 Å². The lowest BCUT2D eigenvalue weighted by Gasteiger charge is -2.22. The van der Waals surface area contributed by atoms with Gasteiger partial charge < -0.3 is 0 Å². The van der Waals surface area contributed by atoms with Crippen LogP contribution in [0, 0.1) is 0 Å². The summed E-state index contributed by atoms with van der Waals surface area (Å²) in [7, 11) is 0. The molecule has 1 aromatic heterocycles. The van der Waals surface area contributed by atoms with E-state index in [1.165, 1.54) is 76.8 Å². The molecule has 0 radical (unpaired) electrons. The highest BCUT2D eigenvalue weighted by atomic mass is 35.5. The zero-order chi connectivity index (χ0) is 31.0. The van der Waals surface area contributed by atoms with Gasteiger partial charge in [0.05, 0.1) is 5.69 Å². The average Bonchev–Trinajstić information content (AvgIpc) is 3.33. The van der Waals surface area contributed by atoms with Crippen LogP contribution in [0.3, 0.4) is 0 Å². The van der Waals surface area contributed by atoms with Crippen molar-refractivity contribution in [3.05, 3.63) is 162 Å². The lowest BCUT2D eigenvalue weighted by Crippen LogP contribution is -2.14. The minimum absolute atomic E-state index is 0.118. The second-order valence-corrected chi connectivity index (χ2v) is 13.3. The van der Waals surface area contributed by atoms with Crippen LogP contribution in [0.5, 0.6) is 0 Å². The number of halogens is 1. The Morgan fingerprint density at radius 3 is 1.74 bits per heavy atom. The lowest BCUT2D eigenvalue weighted by atomic mass is 9.81. The van der Waals surface area contributed by atoms with Crippen molar-refractivity contribution < 1.29 is 0 Å². The average molecular weight is 608 g/mol. The highest BCUT2D eigenvalue weighted by Crippen LogP contribution is 2.53. The molecule has 0 aliphatic heterocycles. The Morgan fingerprint density at radius 1 is 0.457 bits per heavy atom. The molecule has 0 saturated carbocycles. The molecular weight excluding hydrogens is 578 g/mol. The van der Waals surface area contributed by atoms with E-state index in [4.69, 9.17) is 11.6 Å². The quantitative estimate of drug-likeness (QED) is 0.182. The van der Waals surface area contributed by atoms with Crippen LogP contribution in [0.2, 0.25) is 5.02 Å². The molecule has 0 spiro atoms. The van der Waals surface area contributed by atoms with Crippen LogP contribution in [0.15, 0.2) is 146 Å². The van der Waals surface area contributed by atoms with E-state index in [-0.39, 0.29) is 5.41 Å². The van der Waals surface area contributed by atoms with Gasteiger partial charge in [-0.05, 0) is 101 Å². The number of hydrogen-bond acceptors (Lipinski definition) is 1. The molecule has 9 rings (SSSR count). The highest BCUT2D eigenvalue weighted by molar-refractivity contribution is 6.31. The van der Waals surface area contributed by atoms with Gasteiger partial charge in [-0.3, -0.25) is 4.98 Å². The fraction of sp³-hybridized carbons (Fsp3) is 0.0682. The van der Waals surface area contributed by atoms with E-state index in [9.17, 15) is 0 Å². The second-order valence-electron chi connectivity index (χ2n) is 12.8. The van der Waals surface area contributed by atoms with Gasteiger partial charge in [-0.1, -0.05) is 141 Å². The van der Waals surface area contributed by atoms with E-state index in [1.807, 2.05) is 24.4 Å². The van der Waals surface area contributed by atoms with Crippen LogP contribution in [0.4, 0.5) is 0 Å². The fourth-order valence-corrected chi connectivity index (χ4v) is 8.03. The predicted molar refractivity (Wildman–Crippen MR) is 196 cm³/mol. The first-order valence-electron chi connectivity index (χ1n) is 15.8. The van der Waals surface area contributed by atoms with Crippen molar-refractivity contribution in [3.63, 3.8) is 0 Å². The molecule has 0 atom stereocenters. The minimum Gasteiger partial charge on any atom is -0.256 e. The Morgan fingerprint density at radius 2 is 1.07 bits per heavy atom. The first-order chi connectivity index (χ1) is 22.5. The maximum absolute atomic E-state index is 6.52. The maximum Gasteiger partial charge on any atom is 0.0701 e. The van der Waals surface area contributed by atoms with Crippen molar-refractivity contribution in [3.8, 4) is 44.6 Å². The lowest BCUT2D eigenvalue weighted by molar-refractivity contribution is 0.661. The Hall–Kier alpha value is -5.24. The Kier molecular flexibility index (Phi) is 5.97. The normalized spacial score (nSPS) is 13.3. The molecule has 2 heteroatoms. The molecule has 7 aromatic carbocycles. The van der Waals surface area contributed by atoms with Crippen LogP contribution in [-0.2, 0) is 5.41 Å². The van der Waals surface area contributed by atoms with Gasteiger partial charge in [0.15, 0.2) is 0 Å². The van der Waals surface area contributed by atoms with Crippen molar-refractivity contribution in [2.75, 3.05) is 0 Å². The largest absolute Gasteiger partial charge is 0.256 e. The van der Waals surface area contributed by atoms with Gasteiger partial charge in [-0.25, -0.2) is 0 Å². The molecule has 8 aromatic rings. The summed E-state index contributed by atoms with van der Waals surface area (Å²) in [6.45, 7) is 4.62. The summed E-state index contributed by atoms with van der Waals surface area (Å²) in [4.78, 5) is 4.56. The van der Waals surface area contributed by atoms with E-state index >= 15 is 0 Å². The van der Waals surface area contributed by atoms with E-state index in [0.29, 0.717) is 0 Å². The van der Waals surface area contributed by atoms with Crippen LogP contribution >= 0.6 is 11.6 Å². The molecule has 0 unspecified atom stereocenters. The molecule has 46 heavy (non-hydrogen) atoms. The van der Waals surface area contributed by atoms with Gasteiger partial charge in [0.1, 0.15) is 0 Å². The summed E-state index contributed by atoms with van der Waals surface area (Å²) in [5.41, 5.74) is 12.2. The van der Waals surface area contributed by atoms with Gasteiger partial charge in [0.25, 0.3) is 0 Å². The number of fused-ring (bicyclic) bond motifs is 7. The molecule has 0 saturated heterocycles. The molecule has 0 N–H and O–H groups in total. The number of benzene rings is 7. The third-order valence-electron chi connectivity index (χ3n) is 9.99. The molecule has 1 nitrogen and oxygen atoms in total. The summed E-state index contributed by atoms with van der Waals surface area (Å²) in [6, 6.07) is 50.6. The van der Waals surface area contributed by atoms with Crippen molar-refractivity contribution in [1.82, 2.24) is 4.98 Å². The number of rotatable bonds is 3. The highest BCUT2D eigenvalue weighted by Gasteiger charge is 2.36. The first-order valence-corrected chi connectivity index (χ1v) is 16.2. The molecule has 0 amide bonds. The summed E-state index contributed by atoms with van der Waals surface area (Å²) in [5.74, 6) is 0. The van der Waals surface area contributed by atoms with Crippen LogP contribution in [-0.4, -0.2) is 4.98 Å². The van der Waals surface area contributed by atoms with Crippen molar-refractivity contribution in [1.29, 1.82) is 0 Å². The smallest absolute Gasteiger partial charge is 0.0701 e. The van der Waals surface area contributed by atoms with Crippen LogP contribution < -0.4 is 0 Å². The third kappa shape index (κ3) is 3.92. The molecule has 1 aliphatic rings. The van der Waals surface area contributed by atoms with Gasteiger partial charge in [0, 0.05) is 22.2 Å². The summed E-state index contributed by atoms with van der Waals surface area (Å²) < 4.78 is 0. The van der Waals surface area contributed by atoms with E-state index < -0.39 is 0 Å². The minimum atomic E-state index is -0.118. The summed E-state index contributed by atoms with van der Waals surface area (Å²) in [6.07, 6.45) is 1.85. The van der Waals surface area contributed by atoms with Gasteiger partial charge in [-0.15, -0.1) is 0 Å². The zero-order valence-electron chi connectivity index (χ0n) is 25.7. The monoisotopic (exact) mass is 607 g/mol. The Balaban J connectivity index is 1.32. The molecule has 218 valence electrons. The molecule has 1 heterocycles. The maximum atomic E-state index is 6.52. The first kappa shape index (κ1) is 27.1. The van der Waals surface area contributed by atoms with Crippen LogP contribution in [0.1, 0.15) is 25.0 Å². The Bertz CT molecular complexity index is 2430. The SMILES string of the molecule is CC1(C)c2cc(Cl)ccc2-c2c1ccc1c(-c3c4ccccc4c(-c4ccc(-c5ccccn5)cc4)c4ccccc34)cccc21. The standard InChI is InChI=1S/C44H30ClN/c1-44(2)38-24-23-30-31(14-9-15-32(30)43(38)37-22-21-29(45)26-39(37)44)42-35-12-5-3-10-33(35)41(34-11-4-6-13-36(34)42)28-19-17-27(18-20-28)40-16-7-8-25-46-40/h3-26H,1-2H3. The van der Waals surface area contributed by atoms with Gasteiger partial charge >= 0.3 is 0 Å². The van der Waals surface area contributed by atoms with Gasteiger partial charge in [0.2, 0.25) is 0 Å². The number of pyridine rings is 1. The molecule has 0 bridgehead atoms. The fourth-order valence-electron chi connectivity index (χ4n) is 7.85.